The maximum absolute atomic E-state index is 13.1. The third-order valence-electron chi connectivity index (χ3n) is 3.91. The number of nitrogens with zero attached hydrogens (tertiary/aromatic N) is 3. The molecule has 0 N–H and O–H groups in total. The number of pyridine rings is 1. The minimum absolute atomic E-state index is 0.261. The number of rotatable bonds is 2. The van der Waals surface area contributed by atoms with Gasteiger partial charge < -0.3 is 0 Å². The van der Waals surface area contributed by atoms with Gasteiger partial charge in [-0.15, -0.1) is 0 Å². The van der Waals surface area contributed by atoms with E-state index in [9.17, 15) is 4.39 Å². The van der Waals surface area contributed by atoms with Crippen molar-refractivity contribution < 1.29 is 4.39 Å². The van der Waals surface area contributed by atoms with Crippen LogP contribution in [0.5, 0.6) is 0 Å². The molecule has 0 radical (unpaired) electrons. The molecule has 2 aromatic heterocycles. The first kappa shape index (κ1) is 14.5. The second kappa shape index (κ2) is 5.81. The van der Waals surface area contributed by atoms with Crippen molar-refractivity contribution >= 4 is 11.0 Å². The lowest BCUT2D eigenvalue weighted by molar-refractivity contribution is 0.628. The maximum Gasteiger partial charge on any atom is 0.123 e. The van der Waals surface area contributed by atoms with E-state index in [1.165, 1.54) is 12.1 Å². The monoisotopic (exact) mass is 315 g/mol. The Morgan fingerprint density at radius 3 is 2.46 bits per heavy atom. The molecule has 4 rings (SSSR count). The molecule has 116 valence electrons. The predicted molar refractivity (Wildman–Crippen MR) is 92.9 cm³/mol. The minimum Gasteiger partial charge on any atom is -0.244 e. The van der Waals surface area contributed by atoms with Gasteiger partial charge in [0, 0.05) is 11.1 Å². The van der Waals surface area contributed by atoms with Crippen LogP contribution in [0.4, 0.5) is 4.39 Å². The van der Waals surface area contributed by atoms with E-state index in [0.29, 0.717) is 0 Å². The highest BCUT2D eigenvalue weighted by atomic mass is 19.1. The fraction of sp³-hybridized carbons (Fsp3) is 0.0500. The SMILES string of the molecule is Cc1cccc(-c2ncnc3ccc(-c4ccc(F)cc4)nc23)c1. The van der Waals surface area contributed by atoms with Crippen LogP contribution in [0.15, 0.2) is 67.0 Å². The Kier molecular flexibility index (Phi) is 3.50. The molecule has 0 unspecified atom stereocenters. The van der Waals surface area contributed by atoms with Crippen molar-refractivity contribution in [3.05, 3.63) is 78.4 Å². The summed E-state index contributed by atoms with van der Waals surface area (Å²) in [7, 11) is 0. The topological polar surface area (TPSA) is 38.7 Å². The lowest BCUT2D eigenvalue weighted by Crippen LogP contribution is -1.94. The van der Waals surface area contributed by atoms with Crippen LogP contribution in [0.3, 0.4) is 0 Å². The summed E-state index contributed by atoms with van der Waals surface area (Å²) in [5.74, 6) is -0.261. The van der Waals surface area contributed by atoms with Crippen LogP contribution in [-0.4, -0.2) is 15.0 Å². The van der Waals surface area contributed by atoms with Crippen molar-refractivity contribution in [3.63, 3.8) is 0 Å². The molecule has 0 saturated heterocycles. The summed E-state index contributed by atoms with van der Waals surface area (Å²) in [6, 6.07) is 18.3. The van der Waals surface area contributed by atoms with E-state index in [-0.39, 0.29) is 5.82 Å². The van der Waals surface area contributed by atoms with Crippen molar-refractivity contribution in [1.82, 2.24) is 15.0 Å². The number of halogens is 1. The van der Waals surface area contributed by atoms with Crippen LogP contribution >= 0.6 is 0 Å². The summed E-state index contributed by atoms with van der Waals surface area (Å²) in [5, 5.41) is 0. The average molecular weight is 315 g/mol. The van der Waals surface area contributed by atoms with Crippen LogP contribution in [-0.2, 0) is 0 Å². The Hall–Kier alpha value is -3.14. The van der Waals surface area contributed by atoms with Gasteiger partial charge in [-0.25, -0.2) is 19.3 Å². The summed E-state index contributed by atoms with van der Waals surface area (Å²) >= 11 is 0. The molecule has 0 fully saturated rings. The molecule has 0 aliphatic heterocycles. The first-order chi connectivity index (χ1) is 11.7. The van der Waals surface area contributed by atoms with E-state index < -0.39 is 0 Å². The molecule has 0 spiro atoms. The number of aryl methyl sites for hydroxylation is 1. The highest BCUT2D eigenvalue weighted by molar-refractivity contribution is 5.90. The highest BCUT2D eigenvalue weighted by Gasteiger charge is 2.10. The van der Waals surface area contributed by atoms with Crippen LogP contribution < -0.4 is 0 Å². The molecule has 4 heteroatoms. The van der Waals surface area contributed by atoms with Gasteiger partial charge in [0.25, 0.3) is 0 Å². The van der Waals surface area contributed by atoms with Gasteiger partial charge in [-0.2, -0.15) is 0 Å². The quantitative estimate of drug-likeness (QED) is 0.533. The normalized spacial score (nSPS) is 10.9. The van der Waals surface area contributed by atoms with Gasteiger partial charge in [-0.05, 0) is 49.4 Å². The molecule has 0 atom stereocenters. The van der Waals surface area contributed by atoms with E-state index >= 15 is 0 Å². The molecule has 0 aliphatic rings. The minimum atomic E-state index is -0.261. The average Bonchev–Trinajstić information content (AvgIpc) is 2.61. The second-order valence-electron chi connectivity index (χ2n) is 5.66. The van der Waals surface area contributed by atoms with Gasteiger partial charge in [0.2, 0.25) is 0 Å². The Morgan fingerprint density at radius 2 is 1.67 bits per heavy atom. The summed E-state index contributed by atoms with van der Waals surface area (Å²) in [4.78, 5) is 13.5. The second-order valence-corrected chi connectivity index (χ2v) is 5.66. The van der Waals surface area contributed by atoms with E-state index in [1.807, 2.05) is 37.3 Å². The highest BCUT2D eigenvalue weighted by Crippen LogP contribution is 2.27. The molecule has 0 saturated carbocycles. The summed E-state index contributed by atoms with van der Waals surface area (Å²) < 4.78 is 13.1. The van der Waals surface area contributed by atoms with Gasteiger partial charge in [-0.3, -0.25) is 0 Å². The molecule has 3 nitrogen and oxygen atoms in total. The van der Waals surface area contributed by atoms with Gasteiger partial charge in [0.1, 0.15) is 17.7 Å². The van der Waals surface area contributed by atoms with Crippen LogP contribution in [0.25, 0.3) is 33.5 Å². The lowest BCUT2D eigenvalue weighted by atomic mass is 10.1. The molecule has 2 heterocycles. The van der Waals surface area contributed by atoms with E-state index in [2.05, 4.69) is 16.0 Å². The molecule has 0 aliphatic carbocycles. The Bertz CT molecular complexity index is 1030. The first-order valence-electron chi connectivity index (χ1n) is 7.65. The predicted octanol–water partition coefficient (Wildman–Crippen LogP) is 4.81. The van der Waals surface area contributed by atoms with Crippen LogP contribution in [0.1, 0.15) is 5.56 Å². The fourth-order valence-corrected chi connectivity index (χ4v) is 2.73. The smallest absolute Gasteiger partial charge is 0.123 e. The van der Waals surface area contributed by atoms with Gasteiger partial charge in [-0.1, -0.05) is 23.8 Å². The first-order valence-corrected chi connectivity index (χ1v) is 7.65. The molecule has 0 bridgehead atoms. The fourth-order valence-electron chi connectivity index (χ4n) is 2.73. The van der Waals surface area contributed by atoms with Crippen molar-refractivity contribution in [2.75, 3.05) is 0 Å². The number of hydrogen-bond acceptors (Lipinski definition) is 3. The third-order valence-corrected chi connectivity index (χ3v) is 3.91. The van der Waals surface area contributed by atoms with E-state index in [4.69, 9.17) is 4.98 Å². The zero-order chi connectivity index (χ0) is 16.5. The van der Waals surface area contributed by atoms with Gasteiger partial charge >= 0.3 is 0 Å². The number of hydrogen-bond donors (Lipinski definition) is 0. The molecular formula is C20H14FN3. The Balaban J connectivity index is 1.92. The standard InChI is InChI=1S/C20H14FN3/c1-13-3-2-4-15(11-13)19-20-18(22-12-23-19)10-9-17(24-20)14-5-7-16(21)8-6-14/h2-12H,1H3. The zero-order valence-electron chi connectivity index (χ0n) is 13.1. The molecule has 24 heavy (non-hydrogen) atoms. The summed E-state index contributed by atoms with van der Waals surface area (Å²) in [6.45, 7) is 2.05. The summed E-state index contributed by atoms with van der Waals surface area (Å²) in [6.07, 6.45) is 1.55. The van der Waals surface area contributed by atoms with Crippen LogP contribution in [0, 0.1) is 12.7 Å². The largest absolute Gasteiger partial charge is 0.244 e. The van der Waals surface area contributed by atoms with Crippen molar-refractivity contribution in [3.8, 4) is 22.5 Å². The van der Waals surface area contributed by atoms with Crippen molar-refractivity contribution in [2.45, 2.75) is 6.92 Å². The molecule has 2 aromatic carbocycles. The third kappa shape index (κ3) is 2.63. The van der Waals surface area contributed by atoms with E-state index in [0.717, 1.165) is 39.1 Å². The Morgan fingerprint density at radius 1 is 0.833 bits per heavy atom. The van der Waals surface area contributed by atoms with E-state index in [1.54, 1.807) is 18.5 Å². The lowest BCUT2D eigenvalue weighted by Gasteiger charge is -2.07. The molecule has 4 aromatic rings. The molecule has 0 amide bonds. The molecular weight excluding hydrogens is 301 g/mol. The van der Waals surface area contributed by atoms with Crippen molar-refractivity contribution in [2.24, 2.45) is 0 Å². The number of aromatic nitrogens is 3. The van der Waals surface area contributed by atoms with Gasteiger partial charge in [0.05, 0.1) is 16.9 Å². The summed E-state index contributed by atoms with van der Waals surface area (Å²) in [5.41, 5.74) is 6.12. The van der Waals surface area contributed by atoms with Crippen molar-refractivity contribution in [1.29, 1.82) is 0 Å². The van der Waals surface area contributed by atoms with Gasteiger partial charge in [0.15, 0.2) is 0 Å². The Labute approximate surface area is 138 Å². The number of fused-ring (bicyclic) bond motifs is 1. The zero-order valence-corrected chi connectivity index (χ0v) is 13.1. The van der Waals surface area contributed by atoms with Crippen LogP contribution in [0.2, 0.25) is 0 Å². The number of benzene rings is 2. The maximum atomic E-state index is 13.1.